The number of rotatable bonds is 4. The van der Waals surface area contributed by atoms with Crippen molar-refractivity contribution in [2.45, 2.75) is 45.7 Å². The van der Waals surface area contributed by atoms with Gasteiger partial charge < -0.3 is 5.32 Å². The number of nitrogens with one attached hydrogen (secondary N) is 1. The third-order valence-electron chi connectivity index (χ3n) is 2.12. The summed E-state index contributed by atoms with van der Waals surface area (Å²) in [4.78, 5) is 13.6. The molecular formula is C11H21N3O. The van der Waals surface area contributed by atoms with Gasteiger partial charge in [0.1, 0.15) is 0 Å². The fourth-order valence-corrected chi connectivity index (χ4v) is 1.09. The normalized spacial score (nSPS) is 13.4. The highest BCUT2D eigenvalue weighted by Crippen LogP contribution is 2.03. The van der Waals surface area contributed by atoms with Gasteiger partial charge in [-0.15, -0.1) is 0 Å². The molecule has 4 heteroatoms. The van der Waals surface area contributed by atoms with Crippen molar-refractivity contribution in [1.82, 2.24) is 10.2 Å². The van der Waals surface area contributed by atoms with Crippen molar-refractivity contribution < 1.29 is 4.79 Å². The fraction of sp³-hybridized carbons (Fsp3) is 0.818. The summed E-state index contributed by atoms with van der Waals surface area (Å²) >= 11 is 0. The SMILES string of the molecule is CC(C(=O)NC(C)(C)C)N(C)CCC#N. The molecule has 0 spiro atoms. The van der Waals surface area contributed by atoms with E-state index < -0.39 is 0 Å². The van der Waals surface area contributed by atoms with Crippen molar-refractivity contribution in [3.63, 3.8) is 0 Å². The number of carbonyl (C=O) groups excluding carboxylic acids is 1. The third kappa shape index (κ3) is 6.08. The first-order chi connectivity index (χ1) is 6.78. The predicted octanol–water partition coefficient (Wildman–Crippen LogP) is 1.14. The molecule has 1 unspecified atom stereocenters. The predicted molar refractivity (Wildman–Crippen MR) is 60.2 cm³/mol. The molecule has 0 aromatic heterocycles. The highest BCUT2D eigenvalue weighted by atomic mass is 16.2. The van der Waals surface area contributed by atoms with Crippen LogP contribution in [0.3, 0.4) is 0 Å². The largest absolute Gasteiger partial charge is 0.350 e. The van der Waals surface area contributed by atoms with E-state index in [1.807, 2.05) is 39.6 Å². The average Bonchev–Trinajstić information content (AvgIpc) is 2.10. The van der Waals surface area contributed by atoms with Gasteiger partial charge in [0, 0.05) is 18.5 Å². The number of likely N-dealkylation sites (N-methyl/N-ethyl adjacent to an activating group) is 1. The maximum Gasteiger partial charge on any atom is 0.237 e. The lowest BCUT2D eigenvalue weighted by molar-refractivity contribution is -0.126. The minimum Gasteiger partial charge on any atom is -0.350 e. The van der Waals surface area contributed by atoms with Gasteiger partial charge in [0.05, 0.1) is 12.1 Å². The van der Waals surface area contributed by atoms with E-state index in [1.54, 1.807) is 0 Å². The number of hydrogen-bond acceptors (Lipinski definition) is 3. The quantitative estimate of drug-likeness (QED) is 0.758. The molecule has 1 amide bonds. The second-order valence-corrected chi connectivity index (χ2v) is 4.80. The second-order valence-electron chi connectivity index (χ2n) is 4.80. The van der Waals surface area contributed by atoms with Gasteiger partial charge in [-0.25, -0.2) is 0 Å². The van der Waals surface area contributed by atoms with Crippen LogP contribution in [0.1, 0.15) is 34.1 Å². The molecule has 15 heavy (non-hydrogen) atoms. The first-order valence-electron chi connectivity index (χ1n) is 5.17. The van der Waals surface area contributed by atoms with Crippen molar-refractivity contribution in [3.05, 3.63) is 0 Å². The van der Waals surface area contributed by atoms with Crippen molar-refractivity contribution in [1.29, 1.82) is 5.26 Å². The van der Waals surface area contributed by atoms with Crippen LogP contribution in [0.4, 0.5) is 0 Å². The first-order valence-corrected chi connectivity index (χ1v) is 5.17. The van der Waals surface area contributed by atoms with Gasteiger partial charge in [0.15, 0.2) is 0 Å². The molecule has 0 aliphatic rings. The fourth-order valence-electron chi connectivity index (χ4n) is 1.09. The zero-order valence-electron chi connectivity index (χ0n) is 10.3. The summed E-state index contributed by atoms with van der Waals surface area (Å²) in [5.41, 5.74) is -0.207. The Hall–Kier alpha value is -1.08. The molecule has 0 fully saturated rings. The Morgan fingerprint density at radius 1 is 1.53 bits per heavy atom. The van der Waals surface area contributed by atoms with Crippen LogP contribution >= 0.6 is 0 Å². The van der Waals surface area contributed by atoms with Gasteiger partial charge in [-0.05, 0) is 34.7 Å². The van der Waals surface area contributed by atoms with Gasteiger partial charge in [-0.2, -0.15) is 5.26 Å². The Morgan fingerprint density at radius 2 is 2.07 bits per heavy atom. The van der Waals surface area contributed by atoms with Crippen LogP contribution in [0.25, 0.3) is 0 Å². The topological polar surface area (TPSA) is 56.1 Å². The third-order valence-corrected chi connectivity index (χ3v) is 2.12. The van der Waals surface area contributed by atoms with E-state index in [4.69, 9.17) is 5.26 Å². The molecule has 0 heterocycles. The molecule has 0 rings (SSSR count). The van der Waals surface area contributed by atoms with Crippen molar-refractivity contribution in [2.24, 2.45) is 0 Å². The van der Waals surface area contributed by atoms with Gasteiger partial charge in [-0.1, -0.05) is 0 Å². The summed E-state index contributed by atoms with van der Waals surface area (Å²) < 4.78 is 0. The van der Waals surface area contributed by atoms with E-state index in [1.165, 1.54) is 0 Å². The highest BCUT2D eigenvalue weighted by Gasteiger charge is 2.21. The van der Waals surface area contributed by atoms with Crippen LogP contribution in [-0.2, 0) is 4.79 Å². The Bertz CT molecular complexity index is 250. The number of nitrogens with zero attached hydrogens (tertiary/aromatic N) is 2. The first kappa shape index (κ1) is 13.9. The molecule has 0 aromatic rings. The summed E-state index contributed by atoms with van der Waals surface area (Å²) in [6.45, 7) is 8.32. The molecule has 0 aromatic carbocycles. The zero-order chi connectivity index (χ0) is 12.1. The number of carbonyl (C=O) groups is 1. The van der Waals surface area contributed by atoms with E-state index in [0.29, 0.717) is 13.0 Å². The standard InChI is InChI=1S/C11H21N3O/c1-9(14(5)8-6-7-12)10(15)13-11(2,3)4/h9H,6,8H2,1-5H3,(H,13,15). The van der Waals surface area contributed by atoms with Crippen LogP contribution < -0.4 is 5.32 Å². The molecule has 1 N–H and O–H groups in total. The molecule has 86 valence electrons. The van der Waals surface area contributed by atoms with E-state index >= 15 is 0 Å². The number of hydrogen-bond donors (Lipinski definition) is 1. The molecule has 0 bridgehead atoms. The summed E-state index contributed by atoms with van der Waals surface area (Å²) in [5, 5.41) is 11.4. The lowest BCUT2D eigenvalue weighted by Crippen LogP contribution is -2.50. The van der Waals surface area contributed by atoms with Crippen LogP contribution in [0.15, 0.2) is 0 Å². The van der Waals surface area contributed by atoms with Gasteiger partial charge in [-0.3, -0.25) is 9.69 Å². The molecule has 0 aliphatic carbocycles. The Morgan fingerprint density at radius 3 is 2.47 bits per heavy atom. The maximum absolute atomic E-state index is 11.7. The van der Waals surface area contributed by atoms with Crippen LogP contribution in [0, 0.1) is 11.3 Å². The molecule has 0 saturated heterocycles. The van der Waals surface area contributed by atoms with Crippen LogP contribution in [-0.4, -0.2) is 36.0 Å². The minimum absolute atomic E-state index is 0.00272. The highest BCUT2D eigenvalue weighted by molar-refractivity contribution is 5.81. The second kappa shape index (κ2) is 5.72. The maximum atomic E-state index is 11.7. The van der Waals surface area contributed by atoms with Gasteiger partial charge in [0.25, 0.3) is 0 Å². The van der Waals surface area contributed by atoms with E-state index in [-0.39, 0.29) is 17.5 Å². The van der Waals surface area contributed by atoms with E-state index in [2.05, 4.69) is 11.4 Å². The van der Waals surface area contributed by atoms with E-state index in [0.717, 1.165) is 0 Å². The van der Waals surface area contributed by atoms with Crippen LogP contribution in [0.5, 0.6) is 0 Å². The van der Waals surface area contributed by atoms with Gasteiger partial charge >= 0.3 is 0 Å². The summed E-state index contributed by atoms with van der Waals surface area (Å²) in [7, 11) is 1.85. The minimum atomic E-state index is -0.207. The van der Waals surface area contributed by atoms with Crippen molar-refractivity contribution >= 4 is 5.91 Å². The molecular weight excluding hydrogens is 190 g/mol. The Balaban J connectivity index is 4.15. The molecule has 0 saturated carbocycles. The van der Waals surface area contributed by atoms with E-state index in [9.17, 15) is 4.79 Å². The Kier molecular flexibility index (Phi) is 5.31. The molecule has 0 radical (unpaired) electrons. The average molecular weight is 211 g/mol. The summed E-state index contributed by atoms with van der Waals surface area (Å²) in [6.07, 6.45) is 0.448. The number of amides is 1. The lowest BCUT2D eigenvalue weighted by atomic mass is 10.1. The summed E-state index contributed by atoms with van der Waals surface area (Å²) in [5.74, 6) is 0.00272. The van der Waals surface area contributed by atoms with Gasteiger partial charge in [0.2, 0.25) is 5.91 Å². The lowest BCUT2D eigenvalue weighted by Gasteiger charge is -2.27. The summed E-state index contributed by atoms with van der Waals surface area (Å²) in [6, 6.07) is 1.87. The molecule has 1 atom stereocenters. The molecule has 0 aliphatic heterocycles. The van der Waals surface area contributed by atoms with Crippen molar-refractivity contribution in [3.8, 4) is 6.07 Å². The van der Waals surface area contributed by atoms with Crippen molar-refractivity contribution in [2.75, 3.05) is 13.6 Å². The number of nitriles is 1. The van der Waals surface area contributed by atoms with Crippen LogP contribution in [0.2, 0.25) is 0 Å². The smallest absolute Gasteiger partial charge is 0.237 e. The monoisotopic (exact) mass is 211 g/mol. The Labute approximate surface area is 92.3 Å². The zero-order valence-corrected chi connectivity index (χ0v) is 10.3. The molecule has 4 nitrogen and oxygen atoms in total.